The normalized spacial score (nSPS) is 10.3. The number of nitro groups is 1. The number of hydrogen-bond donors (Lipinski definition) is 1. The first-order valence-corrected chi connectivity index (χ1v) is 8.71. The Morgan fingerprint density at radius 1 is 0.967 bits per heavy atom. The number of benzene rings is 3. The summed E-state index contributed by atoms with van der Waals surface area (Å²) < 4.78 is 9.48. The Balaban J connectivity index is 1.72. The minimum Gasteiger partial charge on any atom is -0.465 e. The predicted octanol–water partition coefficient (Wildman–Crippen LogP) is 3.33. The summed E-state index contributed by atoms with van der Waals surface area (Å²) in [5, 5.41) is 15.5. The van der Waals surface area contributed by atoms with E-state index in [1.807, 2.05) is 30.3 Å². The van der Waals surface area contributed by atoms with E-state index in [-0.39, 0.29) is 11.1 Å². The van der Waals surface area contributed by atoms with Gasteiger partial charge in [-0.15, -0.1) is 0 Å². The number of nitrogens with zero attached hydrogens (tertiary/aromatic N) is 1. The molecule has 3 rings (SSSR count). The fourth-order valence-electron chi connectivity index (χ4n) is 2.81. The Morgan fingerprint density at radius 3 is 2.33 bits per heavy atom. The first kappa shape index (κ1) is 20.5. The average molecular weight is 408 g/mol. The van der Waals surface area contributed by atoms with Gasteiger partial charge in [-0.1, -0.05) is 36.4 Å². The number of nitro benzene ring substituents is 1. The van der Waals surface area contributed by atoms with Crippen molar-refractivity contribution in [3.8, 4) is 0 Å². The molecule has 0 saturated heterocycles. The Morgan fingerprint density at radius 2 is 1.63 bits per heavy atom. The van der Waals surface area contributed by atoms with Crippen molar-refractivity contribution in [2.24, 2.45) is 0 Å². The van der Waals surface area contributed by atoms with Gasteiger partial charge >= 0.3 is 11.9 Å². The topological polar surface area (TPSA) is 125 Å². The highest BCUT2D eigenvalue weighted by molar-refractivity contribution is 6.03. The maximum atomic E-state index is 12.3. The standard InChI is InChI=1S/C21H16N2O7/c1-29-20(25)14-9-15(11-16(10-14)23(27)28)21(26)30-12-19(24)22-18-8-4-6-13-5-2-3-7-17(13)18/h2-11H,12H2,1H3,(H,22,24). The number of rotatable bonds is 6. The van der Waals surface area contributed by atoms with Crippen LogP contribution < -0.4 is 5.32 Å². The summed E-state index contributed by atoms with van der Waals surface area (Å²) >= 11 is 0. The Bertz CT molecular complexity index is 1150. The van der Waals surface area contributed by atoms with E-state index in [1.54, 1.807) is 12.1 Å². The van der Waals surface area contributed by atoms with Crippen LogP contribution >= 0.6 is 0 Å². The number of carbonyl (C=O) groups is 3. The summed E-state index contributed by atoms with van der Waals surface area (Å²) in [4.78, 5) is 46.5. The second-order valence-corrected chi connectivity index (χ2v) is 6.17. The molecule has 152 valence electrons. The highest BCUT2D eigenvalue weighted by Gasteiger charge is 2.20. The van der Waals surface area contributed by atoms with Gasteiger partial charge in [-0.05, 0) is 17.5 Å². The molecule has 1 N–H and O–H groups in total. The van der Waals surface area contributed by atoms with Crippen LogP contribution in [0.4, 0.5) is 11.4 Å². The van der Waals surface area contributed by atoms with Crippen molar-refractivity contribution >= 4 is 40.0 Å². The Kier molecular flexibility index (Phi) is 6.02. The number of nitrogens with one attached hydrogen (secondary N) is 1. The molecule has 0 bridgehead atoms. The summed E-state index contributed by atoms with van der Waals surface area (Å²) in [6.07, 6.45) is 0. The third-order valence-corrected chi connectivity index (χ3v) is 4.18. The lowest BCUT2D eigenvalue weighted by Crippen LogP contribution is -2.21. The zero-order valence-electron chi connectivity index (χ0n) is 15.8. The molecule has 0 fully saturated rings. The molecule has 9 heteroatoms. The summed E-state index contributed by atoms with van der Waals surface area (Å²) in [7, 11) is 1.11. The third-order valence-electron chi connectivity index (χ3n) is 4.18. The van der Waals surface area contributed by atoms with Gasteiger partial charge in [0.15, 0.2) is 6.61 Å². The molecule has 3 aromatic carbocycles. The molecule has 0 aliphatic rings. The van der Waals surface area contributed by atoms with Gasteiger partial charge < -0.3 is 14.8 Å². The molecule has 0 atom stereocenters. The van der Waals surface area contributed by atoms with E-state index in [9.17, 15) is 24.5 Å². The molecule has 0 heterocycles. The highest BCUT2D eigenvalue weighted by Crippen LogP contribution is 2.23. The molecular weight excluding hydrogens is 392 g/mol. The number of esters is 2. The molecule has 1 amide bonds. The van der Waals surface area contributed by atoms with Crippen LogP contribution in [0.2, 0.25) is 0 Å². The van der Waals surface area contributed by atoms with E-state index in [0.29, 0.717) is 5.69 Å². The molecule has 0 saturated carbocycles. The number of hydrogen-bond acceptors (Lipinski definition) is 7. The average Bonchev–Trinajstić information content (AvgIpc) is 2.76. The van der Waals surface area contributed by atoms with Crippen LogP contribution in [0.15, 0.2) is 60.7 Å². The molecule has 30 heavy (non-hydrogen) atoms. The lowest BCUT2D eigenvalue weighted by Gasteiger charge is -2.09. The smallest absolute Gasteiger partial charge is 0.338 e. The zero-order valence-corrected chi connectivity index (χ0v) is 15.8. The van der Waals surface area contributed by atoms with Crippen LogP contribution in [0.3, 0.4) is 0 Å². The highest BCUT2D eigenvalue weighted by atomic mass is 16.6. The van der Waals surface area contributed by atoms with E-state index in [2.05, 4.69) is 10.1 Å². The number of ether oxygens (including phenoxy) is 2. The van der Waals surface area contributed by atoms with Gasteiger partial charge in [0.05, 0.1) is 23.2 Å². The lowest BCUT2D eigenvalue weighted by atomic mass is 10.1. The molecule has 0 aromatic heterocycles. The second-order valence-electron chi connectivity index (χ2n) is 6.17. The van der Waals surface area contributed by atoms with Crippen LogP contribution in [-0.2, 0) is 14.3 Å². The number of fused-ring (bicyclic) bond motifs is 1. The molecule has 0 unspecified atom stereocenters. The van der Waals surface area contributed by atoms with E-state index in [1.165, 1.54) is 0 Å². The number of anilines is 1. The first-order valence-electron chi connectivity index (χ1n) is 8.71. The van der Waals surface area contributed by atoms with Crippen LogP contribution in [0.1, 0.15) is 20.7 Å². The number of methoxy groups -OCH3 is 1. The van der Waals surface area contributed by atoms with Gasteiger partial charge in [0.1, 0.15) is 0 Å². The maximum Gasteiger partial charge on any atom is 0.338 e. The van der Waals surface area contributed by atoms with Crippen LogP contribution in [0.25, 0.3) is 10.8 Å². The van der Waals surface area contributed by atoms with Gasteiger partial charge in [0, 0.05) is 23.2 Å². The van der Waals surface area contributed by atoms with Gasteiger partial charge in [0.25, 0.3) is 11.6 Å². The van der Waals surface area contributed by atoms with Crippen molar-refractivity contribution in [3.63, 3.8) is 0 Å². The van der Waals surface area contributed by atoms with Crippen molar-refractivity contribution < 1.29 is 28.8 Å². The largest absolute Gasteiger partial charge is 0.465 e. The molecule has 0 aliphatic heterocycles. The fourth-order valence-corrected chi connectivity index (χ4v) is 2.81. The SMILES string of the molecule is COC(=O)c1cc(C(=O)OCC(=O)Nc2cccc3ccccc23)cc([N+](=O)[O-])c1. The Hall–Kier alpha value is -4.27. The van der Waals surface area contributed by atoms with E-state index >= 15 is 0 Å². The summed E-state index contributed by atoms with van der Waals surface area (Å²) in [6.45, 7) is -0.613. The summed E-state index contributed by atoms with van der Waals surface area (Å²) in [5.74, 6) is -2.42. The van der Waals surface area contributed by atoms with Gasteiger partial charge in [-0.25, -0.2) is 9.59 Å². The predicted molar refractivity (Wildman–Crippen MR) is 107 cm³/mol. The minimum atomic E-state index is -0.989. The third kappa shape index (κ3) is 4.58. The zero-order chi connectivity index (χ0) is 21.7. The molecule has 0 aliphatic carbocycles. The minimum absolute atomic E-state index is 0.182. The number of non-ortho nitro benzene ring substituents is 1. The number of carbonyl (C=O) groups excluding carboxylic acids is 3. The van der Waals surface area contributed by atoms with Gasteiger partial charge in [-0.2, -0.15) is 0 Å². The van der Waals surface area contributed by atoms with Crippen LogP contribution in [0.5, 0.6) is 0 Å². The summed E-state index contributed by atoms with van der Waals surface area (Å²) in [5.41, 5.74) is -0.357. The van der Waals surface area contributed by atoms with Crippen molar-refractivity contribution in [3.05, 3.63) is 81.9 Å². The van der Waals surface area contributed by atoms with Crippen LogP contribution in [0, 0.1) is 10.1 Å². The van der Waals surface area contributed by atoms with Gasteiger partial charge in [-0.3, -0.25) is 14.9 Å². The van der Waals surface area contributed by atoms with Crippen molar-refractivity contribution in [1.29, 1.82) is 0 Å². The number of amides is 1. The molecule has 0 radical (unpaired) electrons. The maximum absolute atomic E-state index is 12.3. The van der Waals surface area contributed by atoms with Crippen molar-refractivity contribution in [1.82, 2.24) is 0 Å². The molecule has 0 spiro atoms. The fraction of sp³-hybridized carbons (Fsp3) is 0.0952. The summed E-state index contributed by atoms with van der Waals surface area (Å²) in [6, 6.07) is 15.9. The van der Waals surface area contributed by atoms with E-state index < -0.39 is 35.1 Å². The second kappa shape index (κ2) is 8.82. The van der Waals surface area contributed by atoms with E-state index in [0.717, 1.165) is 36.1 Å². The first-order chi connectivity index (χ1) is 14.4. The lowest BCUT2D eigenvalue weighted by molar-refractivity contribution is -0.384. The molecule has 9 nitrogen and oxygen atoms in total. The quantitative estimate of drug-likeness (QED) is 0.377. The van der Waals surface area contributed by atoms with Crippen LogP contribution in [-0.4, -0.2) is 36.5 Å². The van der Waals surface area contributed by atoms with E-state index in [4.69, 9.17) is 4.74 Å². The monoisotopic (exact) mass is 408 g/mol. The molecule has 3 aromatic rings. The molecular formula is C21H16N2O7. The van der Waals surface area contributed by atoms with Crippen molar-refractivity contribution in [2.45, 2.75) is 0 Å². The van der Waals surface area contributed by atoms with Crippen molar-refractivity contribution in [2.75, 3.05) is 19.0 Å². The van der Waals surface area contributed by atoms with Gasteiger partial charge in [0.2, 0.25) is 0 Å². The Labute approximate surface area is 170 Å².